The van der Waals surface area contributed by atoms with Crippen LogP contribution in [0.2, 0.25) is 0 Å². The third-order valence-corrected chi connectivity index (χ3v) is 4.47. The molecule has 4 nitrogen and oxygen atoms in total. The van der Waals surface area contributed by atoms with Crippen LogP contribution in [0, 0.1) is 0 Å². The van der Waals surface area contributed by atoms with Crippen molar-refractivity contribution in [1.82, 2.24) is 4.90 Å². The van der Waals surface area contributed by atoms with Crippen molar-refractivity contribution in [2.75, 3.05) is 13.2 Å². The first kappa shape index (κ1) is 23.2. The third-order valence-electron chi connectivity index (χ3n) is 4.47. The predicted molar refractivity (Wildman–Crippen MR) is 99.0 cm³/mol. The zero-order valence-corrected chi connectivity index (χ0v) is 15.9. The van der Waals surface area contributed by atoms with Gasteiger partial charge in [0, 0.05) is 6.54 Å². The van der Waals surface area contributed by atoms with Crippen LogP contribution in [-0.4, -0.2) is 49.1 Å². The normalized spacial score (nSPS) is 26.0. The summed E-state index contributed by atoms with van der Waals surface area (Å²) in [5.41, 5.74) is 3.17. The molecule has 2 rings (SSSR count). The predicted octanol–water partition coefficient (Wildman–Crippen LogP) is 4.55. The summed E-state index contributed by atoms with van der Waals surface area (Å²) in [4.78, 5) is 12.7. The fourth-order valence-corrected chi connectivity index (χ4v) is 3.14. The fourth-order valence-electron chi connectivity index (χ4n) is 3.14. The van der Waals surface area contributed by atoms with E-state index in [4.69, 9.17) is 4.74 Å². The highest BCUT2D eigenvalue weighted by atomic mass is 19.4. The zero-order chi connectivity index (χ0) is 20.6. The SMILES string of the molecule is C=CC1=C(C=C)[C@H](C(=C)C)N(C=O)CC1.C[C@H]1CC[C@@H](OC(F)(F)F)CO1. The maximum Gasteiger partial charge on any atom is 0.522 e. The van der Waals surface area contributed by atoms with Crippen molar-refractivity contribution in [3.63, 3.8) is 0 Å². The molecule has 0 radical (unpaired) electrons. The summed E-state index contributed by atoms with van der Waals surface area (Å²) in [6, 6.07) is -0.0400. The molecule has 0 aromatic carbocycles. The van der Waals surface area contributed by atoms with Crippen LogP contribution in [0.1, 0.15) is 33.1 Å². The molecule has 0 bridgehead atoms. The van der Waals surface area contributed by atoms with Gasteiger partial charge in [0.05, 0.1) is 24.9 Å². The van der Waals surface area contributed by atoms with Crippen LogP contribution in [0.25, 0.3) is 0 Å². The molecule has 0 aliphatic carbocycles. The molecule has 0 spiro atoms. The van der Waals surface area contributed by atoms with Crippen molar-refractivity contribution < 1.29 is 27.4 Å². The lowest BCUT2D eigenvalue weighted by molar-refractivity contribution is -0.351. The van der Waals surface area contributed by atoms with E-state index in [-0.39, 0.29) is 18.8 Å². The van der Waals surface area contributed by atoms with Crippen molar-refractivity contribution in [1.29, 1.82) is 0 Å². The standard InChI is InChI=1S/C13H17NO.C7H11F3O2/c1-5-11-7-8-14(9-15)13(10(3)4)12(11)6-2;1-5-2-3-6(4-11-5)12-7(8,9)10/h5-6,9,13H,1-3,7-8H2,4H3;5-6H,2-4H2,1H3/t13-;5-,6+/m00/s1. The van der Waals surface area contributed by atoms with Gasteiger partial charge < -0.3 is 9.64 Å². The highest BCUT2D eigenvalue weighted by Crippen LogP contribution is 2.28. The van der Waals surface area contributed by atoms with Gasteiger partial charge in [0.2, 0.25) is 6.41 Å². The Labute approximate surface area is 159 Å². The monoisotopic (exact) mass is 387 g/mol. The first-order valence-electron chi connectivity index (χ1n) is 8.83. The first-order valence-corrected chi connectivity index (χ1v) is 8.83. The molecule has 1 saturated heterocycles. The Bertz CT molecular complexity index is 576. The van der Waals surface area contributed by atoms with E-state index in [1.165, 1.54) is 0 Å². The summed E-state index contributed by atoms with van der Waals surface area (Å²) in [5.74, 6) is 0. The van der Waals surface area contributed by atoms with Crippen molar-refractivity contribution in [2.24, 2.45) is 0 Å². The van der Waals surface area contributed by atoms with Gasteiger partial charge >= 0.3 is 6.36 Å². The zero-order valence-electron chi connectivity index (χ0n) is 15.9. The summed E-state index contributed by atoms with van der Waals surface area (Å²) in [7, 11) is 0. The Kier molecular flexibility index (Phi) is 8.99. The first-order chi connectivity index (χ1) is 12.6. The number of allylic oxidation sites excluding steroid dienone is 1. The Morgan fingerprint density at radius 1 is 1.30 bits per heavy atom. The van der Waals surface area contributed by atoms with Gasteiger partial charge in [-0.25, -0.2) is 0 Å². The van der Waals surface area contributed by atoms with Crippen molar-refractivity contribution in [2.45, 2.75) is 57.7 Å². The molecule has 7 heteroatoms. The van der Waals surface area contributed by atoms with Gasteiger partial charge in [0.15, 0.2) is 0 Å². The Morgan fingerprint density at radius 2 is 1.96 bits per heavy atom. The Morgan fingerprint density at radius 3 is 2.37 bits per heavy atom. The van der Waals surface area contributed by atoms with E-state index in [0.29, 0.717) is 12.8 Å². The van der Waals surface area contributed by atoms with Crippen molar-refractivity contribution >= 4 is 6.41 Å². The van der Waals surface area contributed by atoms with E-state index in [0.717, 1.165) is 36.1 Å². The number of alkyl halides is 3. The van der Waals surface area contributed by atoms with Crippen LogP contribution in [0.3, 0.4) is 0 Å². The second-order valence-electron chi connectivity index (χ2n) is 6.64. The molecule has 0 N–H and O–H groups in total. The highest BCUT2D eigenvalue weighted by Gasteiger charge is 2.35. The van der Waals surface area contributed by atoms with Gasteiger partial charge in [-0.15, -0.1) is 13.2 Å². The number of ether oxygens (including phenoxy) is 2. The third kappa shape index (κ3) is 7.34. The van der Waals surface area contributed by atoms with E-state index < -0.39 is 12.5 Å². The summed E-state index contributed by atoms with van der Waals surface area (Å²) in [6.45, 7) is 16.0. The number of hydrogen-bond donors (Lipinski definition) is 0. The Hall–Kier alpha value is -1.86. The summed E-state index contributed by atoms with van der Waals surface area (Å²) >= 11 is 0. The number of halogens is 3. The van der Waals surface area contributed by atoms with E-state index in [9.17, 15) is 18.0 Å². The van der Waals surface area contributed by atoms with Gasteiger partial charge in [0.25, 0.3) is 0 Å². The van der Waals surface area contributed by atoms with E-state index in [1.54, 1.807) is 11.0 Å². The molecule has 2 heterocycles. The molecule has 1 amide bonds. The molecule has 2 aliphatic rings. The van der Waals surface area contributed by atoms with Gasteiger partial charge in [0.1, 0.15) is 0 Å². The van der Waals surface area contributed by atoms with Crippen LogP contribution in [0.4, 0.5) is 13.2 Å². The Balaban J connectivity index is 0.000000277. The number of amides is 1. The molecule has 3 atom stereocenters. The lowest BCUT2D eigenvalue weighted by atomic mass is 9.89. The average molecular weight is 387 g/mol. The lowest BCUT2D eigenvalue weighted by Crippen LogP contribution is -2.40. The molecular weight excluding hydrogens is 359 g/mol. The van der Waals surface area contributed by atoms with Gasteiger partial charge in [-0.05, 0) is 44.3 Å². The summed E-state index contributed by atoms with van der Waals surface area (Å²) in [5, 5.41) is 0. The molecule has 1 fully saturated rings. The van der Waals surface area contributed by atoms with Crippen LogP contribution < -0.4 is 0 Å². The largest absolute Gasteiger partial charge is 0.522 e. The van der Waals surface area contributed by atoms with E-state index in [1.807, 2.05) is 19.9 Å². The number of nitrogens with zero attached hydrogens (tertiary/aromatic N) is 1. The number of carbonyl (C=O) groups excluding carboxylic acids is 1. The number of hydrogen-bond acceptors (Lipinski definition) is 3. The highest BCUT2D eigenvalue weighted by molar-refractivity contribution is 5.55. The second kappa shape index (κ2) is 10.5. The quantitative estimate of drug-likeness (QED) is 0.513. The number of rotatable bonds is 5. The smallest absolute Gasteiger partial charge is 0.376 e. The molecule has 27 heavy (non-hydrogen) atoms. The van der Waals surface area contributed by atoms with Crippen molar-refractivity contribution in [3.8, 4) is 0 Å². The van der Waals surface area contributed by atoms with Crippen LogP contribution >= 0.6 is 0 Å². The molecule has 0 unspecified atom stereocenters. The van der Waals surface area contributed by atoms with Gasteiger partial charge in [-0.1, -0.05) is 37.5 Å². The minimum atomic E-state index is -4.53. The fraction of sp³-hybridized carbons (Fsp3) is 0.550. The number of carbonyl (C=O) groups is 1. The summed E-state index contributed by atoms with van der Waals surface area (Å²) < 4.78 is 43.8. The van der Waals surface area contributed by atoms with Gasteiger partial charge in [-0.3, -0.25) is 9.53 Å². The molecule has 0 aromatic heterocycles. The minimum absolute atomic E-state index is 0.0400. The molecule has 0 saturated carbocycles. The summed E-state index contributed by atoms with van der Waals surface area (Å²) in [6.07, 6.45) is 1.10. The average Bonchev–Trinajstić information content (AvgIpc) is 2.61. The second-order valence-corrected chi connectivity index (χ2v) is 6.64. The van der Waals surface area contributed by atoms with E-state index in [2.05, 4.69) is 24.5 Å². The van der Waals surface area contributed by atoms with Crippen LogP contribution in [0.15, 0.2) is 48.6 Å². The van der Waals surface area contributed by atoms with Crippen molar-refractivity contribution in [3.05, 3.63) is 48.6 Å². The lowest BCUT2D eigenvalue weighted by Gasteiger charge is -2.35. The molecule has 152 valence electrons. The minimum Gasteiger partial charge on any atom is -0.376 e. The molecule has 0 aromatic rings. The van der Waals surface area contributed by atoms with Crippen LogP contribution in [0.5, 0.6) is 0 Å². The van der Waals surface area contributed by atoms with Crippen LogP contribution in [-0.2, 0) is 14.3 Å². The van der Waals surface area contributed by atoms with Gasteiger partial charge in [-0.2, -0.15) is 0 Å². The maximum atomic E-state index is 11.7. The maximum absolute atomic E-state index is 11.7. The molecular formula is C20H28F3NO3. The topological polar surface area (TPSA) is 38.8 Å². The molecule has 2 aliphatic heterocycles. The van der Waals surface area contributed by atoms with E-state index >= 15 is 0 Å².